The van der Waals surface area contributed by atoms with E-state index in [1.54, 1.807) is 0 Å². The Labute approximate surface area is 119 Å². The number of halogens is 3. The van der Waals surface area contributed by atoms with Crippen molar-refractivity contribution in [2.24, 2.45) is 11.3 Å². The first-order valence-corrected chi connectivity index (χ1v) is 7.98. The van der Waals surface area contributed by atoms with Crippen molar-refractivity contribution in [3.63, 3.8) is 0 Å². The van der Waals surface area contributed by atoms with E-state index in [1.807, 2.05) is 4.90 Å². The Morgan fingerprint density at radius 2 is 1.79 bits per heavy atom. The van der Waals surface area contributed by atoms with E-state index in [4.69, 9.17) is 0 Å². The lowest BCUT2D eigenvalue weighted by molar-refractivity contribution is -0.187. The van der Waals surface area contributed by atoms with Gasteiger partial charge in [-0.05, 0) is 43.4 Å². The first-order valence-electron chi connectivity index (χ1n) is 7.35. The molecular weight excluding hydrogens is 271 g/mol. The second kappa shape index (κ2) is 6.25. The summed E-state index contributed by atoms with van der Waals surface area (Å²) in [6.07, 6.45) is 2.88. The molecule has 0 bridgehead atoms. The van der Waals surface area contributed by atoms with Gasteiger partial charge in [0.1, 0.15) is 0 Å². The number of alkyl halides is 3. The maximum atomic E-state index is 12.8. The predicted molar refractivity (Wildman–Crippen MR) is 74.6 cm³/mol. The lowest BCUT2D eigenvalue weighted by Gasteiger charge is -2.43. The van der Waals surface area contributed by atoms with Gasteiger partial charge in [-0.1, -0.05) is 19.3 Å². The molecule has 1 nitrogen and oxygen atoms in total. The topological polar surface area (TPSA) is 3.24 Å². The fourth-order valence-corrected chi connectivity index (χ4v) is 4.02. The third kappa shape index (κ3) is 4.03. The van der Waals surface area contributed by atoms with E-state index in [9.17, 15) is 13.2 Å². The van der Waals surface area contributed by atoms with E-state index < -0.39 is 12.1 Å². The Balaban J connectivity index is 1.94. The highest BCUT2D eigenvalue weighted by Crippen LogP contribution is 2.40. The van der Waals surface area contributed by atoms with E-state index in [2.05, 4.69) is 12.6 Å². The molecule has 0 N–H and O–H groups in total. The quantitative estimate of drug-likeness (QED) is 0.766. The Bertz CT molecular complexity index is 287. The number of thiol groups is 1. The fraction of sp³-hybridized carbons (Fsp3) is 1.00. The van der Waals surface area contributed by atoms with Crippen molar-refractivity contribution in [3.8, 4) is 0 Å². The molecule has 1 heterocycles. The molecule has 0 aromatic heterocycles. The van der Waals surface area contributed by atoms with Gasteiger partial charge >= 0.3 is 6.18 Å². The summed E-state index contributed by atoms with van der Waals surface area (Å²) in [6, 6.07) is 0. The summed E-state index contributed by atoms with van der Waals surface area (Å²) in [7, 11) is 0. The van der Waals surface area contributed by atoms with Crippen LogP contribution < -0.4 is 0 Å². The molecule has 1 saturated carbocycles. The van der Waals surface area contributed by atoms with Crippen molar-refractivity contribution < 1.29 is 13.2 Å². The van der Waals surface area contributed by atoms with Gasteiger partial charge in [0.05, 0.1) is 5.92 Å². The summed E-state index contributed by atoms with van der Waals surface area (Å²) in [5, 5.41) is 0. The Kier molecular flexibility index (Phi) is 5.09. The van der Waals surface area contributed by atoms with Gasteiger partial charge in [-0.2, -0.15) is 25.8 Å². The summed E-state index contributed by atoms with van der Waals surface area (Å²) >= 11 is 4.48. The molecule has 112 valence electrons. The summed E-state index contributed by atoms with van der Waals surface area (Å²) in [6.45, 7) is 1.82. The van der Waals surface area contributed by atoms with Crippen LogP contribution in [0.5, 0.6) is 0 Å². The van der Waals surface area contributed by atoms with Crippen molar-refractivity contribution in [1.82, 2.24) is 4.90 Å². The first kappa shape index (κ1) is 15.5. The molecule has 0 aromatic rings. The average molecular weight is 295 g/mol. The van der Waals surface area contributed by atoms with Crippen LogP contribution in [0.4, 0.5) is 13.2 Å². The highest BCUT2D eigenvalue weighted by atomic mass is 32.1. The lowest BCUT2D eigenvalue weighted by Crippen LogP contribution is -2.47. The Morgan fingerprint density at radius 1 is 1.11 bits per heavy atom. The van der Waals surface area contributed by atoms with Gasteiger partial charge in [-0.25, -0.2) is 0 Å². The third-order valence-corrected chi connectivity index (χ3v) is 5.45. The Morgan fingerprint density at radius 3 is 2.37 bits per heavy atom. The zero-order valence-electron chi connectivity index (χ0n) is 11.4. The van der Waals surface area contributed by atoms with Crippen molar-refractivity contribution in [2.45, 2.75) is 51.1 Å². The van der Waals surface area contributed by atoms with Crippen LogP contribution >= 0.6 is 12.6 Å². The average Bonchev–Trinajstić information content (AvgIpc) is 2.39. The maximum absolute atomic E-state index is 12.8. The molecule has 0 amide bonds. The Hall–Kier alpha value is 0.100. The van der Waals surface area contributed by atoms with Gasteiger partial charge in [-0.3, -0.25) is 0 Å². The standard InChI is InChI=1S/C14H24F3NS/c15-14(16,17)12-5-4-8-18(9-12)10-13(11-19)6-2-1-3-7-13/h12,19H,1-11H2. The molecule has 1 saturated heterocycles. The molecule has 19 heavy (non-hydrogen) atoms. The molecule has 0 aromatic carbocycles. The van der Waals surface area contributed by atoms with E-state index in [0.29, 0.717) is 12.8 Å². The second-order valence-corrected chi connectivity index (χ2v) is 6.65. The second-order valence-electron chi connectivity index (χ2n) is 6.33. The number of piperidine rings is 1. The third-order valence-electron chi connectivity index (χ3n) is 4.78. The number of nitrogens with zero attached hydrogens (tertiary/aromatic N) is 1. The molecule has 2 rings (SSSR count). The van der Waals surface area contributed by atoms with E-state index >= 15 is 0 Å². The van der Waals surface area contributed by atoms with Gasteiger partial charge in [0.25, 0.3) is 0 Å². The van der Waals surface area contributed by atoms with Crippen molar-refractivity contribution in [3.05, 3.63) is 0 Å². The molecule has 0 radical (unpaired) electrons. The summed E-state index contributed by atoms with van der Waals surface area (Å²) in [5.41, 5.74) is 0.162. The number of hydrogen-bond acceptors (Lipinski definition) is 2. The molecule has 1 unspecified atom stereocenters. The molecule has 2 fully saturated rings. The number of likely N-dealkylation sites (tertiary alicyclic amines) is 1. The molecule has 0 spiro atoms. The maximum Gasteiger partial charge on any atom is 0.393 e. The van der Waals surface area contributed by atoms with Crippen LogP contribution in [-0.4, -0.2) is 36.5 Å². The van der Waals surface area contributed by atoms with Gasteiger partial charge in [-0.15, -0.1) is 0 Å². The number of hydrogen-bond donors (Lipinski definition) is 1. The van der Waals surface area contributed by atoms with E-state index in [1.165, 1.54) is 19.3 Å². The monoisotopic (exact) mass is 295 g/mol. The van der Waals surface area contributed by atoms with Crippen molar-refractivity contribution in [2.75, 3.05) is 25.4 Å². The van der Waals surface area contributed by atoms with Crippen LogP contribution in [0.25, 0.3) is 0 Å². The van der Waals surface area contributed by atoms with Gasteiger partial charge in [0.2, 0.25) is 0 Å². The smallest absolute Gasteiger partial charge is 0.302 e. The van der Waals surface area contributed by atoms with Crippen molar-refractivity contribution in [1.29, 1.82) is 0 Å². The van der Waals surface area contributed by atoms with Gasteiger partial charge < -0.3 is 4.90 Å². The summed E-state index contributed by atoms with van der Waals surface area (Å²) < 4.78 is 38.5. The highest BCUT2D eigenvalue weighted by Gasteiger charge is 2.43. The molecule has 1 aliphatic carbocycles. The normalized spacial score (nSPS) is 29.4. The summed E-state index contributed by atoms with van der Waals surface area (Å²) in [5.74, 6) is -0.318. The zero-order chi connectivity index (χ0) is 13.9. The molecule has 1 aliphatic heterocycles. The molecule has 2 aliphatic rings. The number of rotatable bonds is 3. The van der Waals surface area contributed by atoms with Crippen LogP contribution in [-0.2, 0) is 0 Å². The minimum Gasteiger partial charge on any atom is -0.302 e. The van der Waals surface area contributed by atoms with Crippen LogP contribution in [0, 0.1) is 11.3 Å². The van der Waals surface area contributed by atoms with Crippen LogP contribution in [0.2, 0.25) is 0 Å². The van der Waals surface area contributed by atoms with Gasteiger partial charge in [0.15, 0.2) is 0 Å². The zero-order valence-corrected chi connectivity index (χ0v) is 12.3. The molecule has 1 atom stereocenters. The largest absolute Gasteiger partial charge is 0.393 e. The van der Waals surface area contributed by atoms with E-state index in [-0.39, 0.29) is 12.0 Å². The summed E-state index contributed by atoms with van der Waals surface area (Å²) in [4.78, 5) is 2.04. The lowest BCUT2D eigenvalue weighted by atomic mass is 9.74. The van der Waals surface area contributed by atoms with E-state index in [0.717, 1.165) is 31.7 Å². The predicted octanol–water partition coefficient (Wildman–Crippen LogP) is 4.14. The van der Waals surface area contributed by atoms with Crippen LogP contribution in [0.3, 0.4) is 0 Å². The molecular formula is C14H24F3NS. The fourth-order valence-electron chi connectivity index (χ4n) is 3.61. The SMILES string of the molecule is FC(F)(F)C1CCCN(CC2(CS)CCCCC2)C1. The first-order chi connectivity index (χ1) is 8.95. The minimum absolute atomic E-state index is 0.162. The van der Waals surface area contributed by atoms with Crippen LogP contribution in [0.1, 0.15) is 44.9 Å². The van der Waals surface area contributed by atoms with Gasteiger partial charge in [0, 0.05) is 13.1 Å². The van der Waals surface area contributed by atoms with Crippen LogP contribution in [0.15, 0.2) is 0 Å². The molecule has 5 heteroatoms. The highest BCUT2D eigenvalue weighted by molar-refractivity contribution is 7.80. The minimum atomic E-state index is -4.03. The van der Waals surface area contributed by atoms with Crippen molar-refractivity contribution >= 4 is 12.6 Å².